The Bertz CT molecular complexity index is 381. The average molecular weight is 219 g/mol. The summed E-state index contributed by atoms with van der Waals surface area (Å²) in [5, 5.41) is 3.19. The van der Waals surface area contributed by atoms with E-state index in [4.69, 9.17) is 5.73 Å². The van der Waals surface area contributed by atoms with E-state index >= 15 is 0 Å². The van der Waals surface area contributed by atoms with Crippen molar-refractivity contribution in [2.75, 3.05) is 5.32 Å². The lowest BCUT2D eigenvalue weighted by atomic mass is 10.1. The number of rotatable bonds is 3. The summed E-state index contributed by atoms with van der Waals surface area (Å²) < 4.78 is 0. The van der Waals surface area contributed by atoms with E-state index in [1.807, 2.05) is 13.8 Å². The summed E-state index contributed by atoms with van der Waals surface area (Å²) in [6.07, 6.45) is 0.985. The molecule has 16 heavy (non-hydrogen) atoms. The molecule has 0 saturated carbocycles. The topological polar surface area (TPSA) is 50.4 Å². The van der Waals surface area contributed by atoms with Gasteiger partial charge in [0.1, 0.15) is 0 Å². The molecule has 1 aromatic carbocycles. The average Bonchev–Trinajstić information content (AvgIpc) is 2.20. The monoisotopic (exact) mass is 219 g/mol. The number of hydrogen-bond acceptors (Lipinski definition) is 1. The smallest absolute Gasteiger partial charge is 0.193 e. The predicted octanol–water partition coefficient (Wildman–Crippen LogP) is 2.69. The number of aryl methyl sites for hydroxylation is 2. The molecule has 0 atom stereocenters. The molecule has 0 aliphatic carbocycles. The van der Waals surface area contributed by atoms with E-state index in [1.165, 1.54) is 11.1 Å². The van der Waals surface area contributed by atoms with E-state index < -0.39 is 0 Å². The molecule has 3 nitrogen and oxygen atoms in total. The lowest BCUT2D eigenvalue weighted by molar-refractivity contribution is 0.833. The molecule has 0 bridgehead atoms. The minimum absolute atomic E-state index is 0.210. The molecular weight excluding hydrogens is 198 g/mol. The molecule has 0 aliphatic heterocycles. The highest BCUT2D eigenvalue weighted by atomic mass is 15.1. The summed E-state index contributed by atoms with van der Waals surface area (Å²) in [4.78, 5) is 4.27. The van der Waals surface area contributed by atoms with Gasteiger partial charge in [0.25, 0.3) is 0 Å². The summed E-state index contributed by atoms with van der Waals surface area (Å²) in [6, 6.07) is 6.46. The second-order valence-electron chi connectivity index (χ2n) is 4.20. The van der Waals surface area contributed by atoms with Crippen molar-refractivity contribution in [1.82, 2.24) is 0 Å². The van der Waals surface area contributed by atoms with Crippen molar-refractivity contribution in [3.8, 4) is 0 Å². The van der Waals surface area contributed by atoms with Crippen molar-refractivity contribution >= 4 is 11.6 Å². The maximum absolute atomic E-state index is 5.84. The van der Waals surface area contributed by atoms with Crippen LogP contribution in [0.2, 0.25) is 0 Å². The summed E-state index contributed by atoms with van der Waals surface area (Å²) in [7, 11) is 0. The van der Waals surface area contributed by atoms with Crippen molar-refractivity contribution in [3.05, 3.63) is 29.3 Å². The standard InChI is InChI=1S/C13H21N3/c1-5-11-8-6-7-10(4)12(11)16-13(14)15-9(2)3/h6-9H,5H2,1-4H3,(H3,14,15,16). The molecule has 88 valence electrons. The Hall–Kier alpha value is -1.51. The van der Waals surface area contributed by atoms with E-state index in [0.717, 1.165) is 12.1 Å². The molecule has 1 rings (SSSR count). The number of nitrogens with zero attached hydrogens (tertiary/aromatic N) is 1. The van der Waals surface area contributed by atoms with Gasteiger partial charge in [-0.2, -0.15) is 0 Å². The number of aliphatic imine (C=N–C) groups is 1. The van der Waals surface area contributed by atoms with E-state index in [-0.39, 0.29) is 6.04 Å². The van der Waals surface area contributed by atoms with Crippen molar-refractivity contribution in [2.24, 2.45) is 10.7 Å². The maximum atomic E-state index is 5.84. The number of nitrogens with one attached hydrogen (secondary N) is 1. The van der Waals surface area contributed by atoms with Crippen LogP contribution < -0.4 is 11.1 Å². The normalized spacial score (nSPS) is 11.9. The van der Waals surface area contributed by atoms with Crippen LogP contribution in [0.1, 0.15) is 31.9 Å². The molecule has 3 heteroatoms. The van der Waals surface area contributed by atoms with Crippen LogP contribution in [-0.2, 0) is 6.42 Å². The van der Waals surface area contributed by atoms with Gasteiger partial charge in [0.15, 0.2) is 5.96 Å². The number of para-hydroxylation sites is 1. The van der Waals surface area contributed by atoms with Crippen LogP contribution in [0.25, 0.3) is 0 Å². The van der Waals surface area contributed by atoms with Crippen LogP contribution in [0.5, 0.6) is 0 Å². The molecular formula is C13H21N3. The zero-order valence-corrected chi connectivity index (χ0v) is 10.5. The van der Waals surface area contributed by atoms with Crippen LogP contribution in [-0.4, -0.2) is 12.0 Å². The lowest BCUT2D eigenvalue weighted by Crippen LogP contribution is -2.25. The highest BCUT2D eigenvalue weighted by Crippen LogP contribution is 2.20. The van der Waals surface area contributed by atoms with E-state index in [0.29, 0.717) is 5.96 Å². The quantitative estimate of drug-likeness (QED) is 0.606. The Morgan fingerprint density at radius 3 is 2.69 bits per heavy atom. The summed E-state index contributed by atoms with van der Waals surface area (Å²) >= 11 is 0. The molecule has 0 saturated heterocycles. The summed E-state index contributed by atoms with van der Waals surface area (Å²) in [5.74, 6) is 0.485. The third-order valence-corrected chi connectivity index (χ3v) is 2.39. The highest BCUT2D eigenvalue weighted by molar-refractivity contribution is 5.93. The Morgan fingerprint density at radius 1 is 1.44 bits per heavy atom. The Morgan fingerprint density at radius 2 is 2.12 bits per heavy atom. The SMILES string of the molecule is CCc1cccc(C)c1NC(N)=NC(C)C. The Balaban J connectivity index is 2.96. The number of hydrogen-bond donors (Lipinski definition) is 2. The molecule has 3 N–H and O–H groups in total. The molecule has 1 aromatic rings. The molecule has 0 radical (unpaired) electrons. The van der Waals surface area contributed by atoms with Crippen LogP contribution >= 0.6 is 0 Å². The van der Waals surface area contributed by atoms with E-state index in [2.05, 4.69) is 42.4 Å². The maximum Gasteiger partial charge on any atom is 0.193 e. The van der Waals surface area contributed by atoms with Crippen LogP contribution in [0, 0.1) is 6.92 Å². The largest absolute Gasteiger partial charge is 0.370 e. The van der Waals surface area contributed by atoms with Gasteiger partial charge in [-0.05, 0) is 38.3 Å². The fourth-order valence-corrected chi connectivity index (χ4v) is 1.64. The molecule has 0 heterocycles. The van der Waals surface area contributed by atoms with Gasteiger partial charge in [0.2, 0.25) is 0 Å². The molecule has 0 aromatic heterocycles. The van der Waals surface area contributed by atoms with Gasteiger partial charge in [0, 0.05) is 11.7 Å². The van der Waals surface area contributed by atoms with Crippen molar-refractivity contribution in [2.45, 2.75) is 40.2 Å². The van der Waals surface area contributed by atoms with Crippen molar-refractivity contribution in [1.29, 1.82) is 0 Å². The first-order valence-electron chi connectivity index (χ1n) is 5.73. The first kappa shape index (κ1) is 12.6. The molecule has 0 unspecified atom stereocenters. The van der Waals surface area contributed by atoms with Gasteiger partial charge >= 0.3 is 0 Å². The molecule has 0 spiro atoms. The van der Waals surface area contributed by atoms with Crippen molar-refractivity contribution in [3.63, 3.8) is 0 Å². The zero-order valence-electron chi connectivity index (χ0n) is 10.5. The van der Waals surface area contributed by atoms with Gasteiger partial charge < -0.3 is 11.1 Å². The Labute approximate surface area is 97.8 Å². The number of anilines is 1. The highest BCUT2D eigenvalue weighted by Gasteiger charge is 2.05. The van der Waals surface area contributed by atoms with Crippen LogP contribution in [0.15, 0.2) is 23.2 Å². The molecule has 0 fully saturated rings. The molecule has 0 amide bonds. The second-order valence-corrected chi connectivity index (χ2v) is 4.20. The number of nitrogens with two attached hydrogens (primary N) is 1. The third-order valence-electron chi connectivity index (χ3n) is 2.39. The number of benzene rings is 1. The van der Waals surface area contributed by atoms with E-state index in [9.17, 15) is 0 Å². The second kappa shape index (κ2) is 5.54. The summed E-state index contributed by atoms with van der Waals surface area (Å²) in [5.41, 5.74) is 9.39. The van der Waals surface area contributed by atoms with Gasteiger partial charge in [-0.15, -0.1) is 0 Å². The Kier molecular flexibility index (Phi) is 4.35. The molecule has 0 aliphatic rings. The lowest BCUT2D eigenvalue weighted by Gasteiger charge is -2.13. The van der Waals surface area contributed by atoms with Crippen LogP contribution in [0.3, 0.4) is 0 Å². The first-order valence-corrected chi connectivity index (χ1v) is 5.73. The predicted molar refractivity (Wildman–Crippen MR) is 70.9 cm³/mol. The zero-order chi connectivity index (χ0) is 12.1. The fourth-order valence-electron chi connectivity index (χ4n) is 1.64. The first-order chi connectivity index (χ1) is 7.54. The summed E-state index contributed by atoms with van der Waals surface area (Å²) in [6.45, 7) is 8.22. The van der Waals surface area contributed by atoms with Gasteiger partial charge in [-0.25, -0.2) is 0 Å². The van der Waals surface area contributed by atoms with Gasteiger partial charge in [-0.3, -0.25) is 4.99 Å². The van der Waals surface area contributed by atoms with Gasteiger partial charge in [-0.1, -0.05) is 25.1 Å². The van der Waals surface area contributed by atoms with E-state index in [1.54, 1.807) is 0 Å². The van der Waals surface area contributed by atoms with Gasteiger partial charge in [0.05, 0.1) is 0 Å². The van der Waals surface area contributed by atoms with Crippen molar-refractivity contribution < 1.29 is 0 Å². The minimum Gasteiger partial charge on any atom is -0.370 e. The fraction of sp³-hybridized carbons (Fsp3) is 0.462. The van der Waals surface area contributed by atoms with Crippen LogP contribution in [0.4, 0.5) is 5.69 Å². The number of guanidine groups is 1. The third kappa shape index (κ3) is 3.26. The minimum atomic E-state index is 0.210.